The Bertz CT molecular complexity index is 987. The third-order valence-corrected chi connectivity index (χ3v) is 6.50. The fraction of sp³-hybridized carbons (Fsp3) is 0.458. The van der Waals surface area contributed by atoms with Crippen LogP contribution in [0.4, 0.5) is 0 Å². The van der Waals surface area contributed by atoms with Crippen molar-refractivity contribution >= 4 is 23.6 Å². The van der Waals surface area contributed by atoms with E-state index in [4.69, 9.17) is 10.2 Å². The van der Waals surface area contributed by atoms with E-state index >= 15 is 0 Å². The maximum atomic E-state index is 12.1. The van der Waals surface area contributed by atoms with E-state index < -0.39 is 5.97 Å². The summed E-state index contributed by atoms with van der Waals surface area (Å²) in [4.78, 5) is 22.7. The van der Waals surface area contributed by atoms with E-state index in [9.17, 15) is 9.59 Å². The molecule has 0 fully saturated rings. The summed E-state index contributed by atoms with van der Waals surface area (Å²) >= 11 is 1.11. The fourth-order valence-corrected chi connectivity index (χ4v) is 4.59. The lowest BCUT2D eigenvalue weighted by atomic mass is 9.87. The van der Waals surface area contributed by atoms with Crippen LogP contribution in [0.3, 0.4) is 0 Å². The maximum absolute atomic E-state index is 12.1. The zero-order chi connectivity index (χ0) is 22.8. The Morgan fingerprint density at radius 1 is 1.16 bits per heavy atom. The summed E-state index contributed by atoms with van der Waals surface area (Å²) < 4.78 is 2.00. The van der Waals surface area contributed by atoms with Crippen molar-refractivity contribution in [2.75, 3.05) is 11.5 Å². The van der Waals surface area contributed by atoms with E-state index in [-0.39, 0.29) is 34.8 Å². The normalized spacial score (nSPS) is 18.4. The predicted molar refractivity (Wildman–Crippen MR) is 125 cm³/mol. The van der Waals surface area contributed by atoms with Gasteiger partial charge in [-0.1, -0.05) is 45.1 Å². The number of nitrogens with one attached hydrogen (secondary N) is 1. The van der Waals surface area contributed by atoms with Gasteiger partial charge in [0.15, 0.2) is 0 Å². The summed E-state index contributed by atoms with van der Waals surface area (Å²) in [7, 11) is 0. The summed E-state index contributed by atoms with van der Waals surface area (Å²) in [5.41, 5.74) is 5.75. The number of benzene rings is 1. The lowest BCUT2D eigenvalue weighted by Gasteiger charge is -2.19. The molecule has 1 amide bonds. The summed E-state index contributed by atoms with van der Waals surface area (Å²) in [5, 5.41) is 16.5. The number of allylic oxidation sites excluding steroid dienone is 1. The minimum Gasteiger partial charge on any atom is -0.481 e. The van der Waals surface area contributed by atoms with Crippen molar-refractivity contribution in [2.45, 2.75) is 58.4 Å². The van der Waals surface area contributed by atoms with Crippen LogP contribution in [0.2, 0.25) is 0 Å². The molecular weight excluding hydrogens is 410 g/mol. The molecule has 3 rings (SSSR count). The Hall–Kier alpha value is -2.54. The van der Waals surface area contributed by atoms with Crippen molar-refractivity contribution in [3.8, 4) is 5.69 Å². The van der Waals surface area contributed by atoms with Crippen LogP contribution in [0.15, 0.2) is 36.4 Å². The molecule has 31 heavy (non-hydrogen) atoms. The van der Waals surface area contributed by atoms with Gasteiger partial charge in [-0.25, -0.2) is 4.68 Å². The Labute approximate surface area is 188 Å². The van der Waals surface area contributed by atoms with Gasteiger partial charge in [-0.3, -0.25) is 9.59 Å². The molecule has 2 aromatic rings. The van der Waals surface area contributed by atoms with E-state index in [1.807, 2.05) is 17.7 Å². The molecule has 1 aromatic heterocycles. The molecule has 1 aliphatic carbocycles. The quantitative estimate of drug-likeness (QED) is 0.631. The average molecular weight is 442 g/mol. The number of nitrogens with zero attached hydrogens (tertiary/aromatic N) is 2. The number of carboxylic acids is 1. The highest BCUT2D eigenvalue weighted by atomic mass is 32.2. The van der Waals surface area contributed by atoms with Gasteiger partial charge in [0.1, 0.15) is 0 Å². The standard InChI is InChI=1S/C24H31N3O3S/c1-15-23(17-6-9-19(12-17)25-21(28)13-31-14-22(29)30)16(2)27(26-15)20-10-7-18(8-11-20)24(3,4)5/h6-11,17,19H,12-14H2,1-5H3,(H,25,28)(H,29,30). The van der Waals surface area contributed by atoms with Gasteiger partial charge in [-0.05, 0) is 43.4 Å². The van der Waals surface area contributed by atoms with Crippen molar-refractivity contribution in [1.82, 2.24) is 15.1 Å². The summed E-state index contributed by atoms with van der Waals surface area (Å²) in [6.07, 6.45) is 4.95. The van der Waals surface area contributed by atoms with Crippen LogP contribution in [-0.2, 0) is 15.0 Å². The van der Waals surface area contributed by atoms with Crippen LogP contribution < -0.4 is 5.32 Å². The number of hydrogen-bond donors (Lipinski definition) is 2. The molecule has 2 atom stereocenters. The first-order valence-corrected chi connectivity index (χ1v) is 11.7. The van der Waals surface area contributed by atoms with Gasteiger partial charge in [-0.2, -0.15) is 5.10 Å². The molecule has 0 saturated carbocycles. The zero-order valence-corrected chi connectivity index (χ0v) is 19.6. The molecule has 1 heterocycles. The summed E-state index contributed by atoms with van der Waals surface area (Å²) in [5.74, 6) is -0.758. The first-order valence-electron chi connectivity index (χ1n) is 10.5. The van der Waals surface area contributed by atoms with Crippen LogP contribution in [0, 0.1) is 13.8 Å². The van der Waals surface area contributed by atoms with E-state index in [1.54, 1.807) is 0 Å². The van der Waals surface area contributed by atoms with Gasteiger partial charge in [-0.15, -0.1) is 11.8 Å². The van der Waals surface area contributed by atoms with Crippen LogP contribution in [0.1, 0.15) is 55.6 Å². The van der Waals surface area contributed by atoms with Crippen LogP contribution in [0.25, 0.3) is 5.69 Å². The molecule has 2 unspecified atom stereocenters. The third-order valence-electron chi connectivity index (χ3n) is 5.58. The molecule has 166 valence electrons. The van der Waals surface area contributed by atoms with Crippen molar-refractivity contribution in [3.05, 3.63) is 58.9 Å². The second kappa shape index (κ2) is 9.30. The molecule has 2 N–H and O–H groups in total. The number of rotatable bonds is 7. The molecule has 0 bridgehead atoms. The lowest BCUT2D eigenvalue weighted by molar-refractivity contribution is -0.133. The number of aryl methyl sites for hydroxylation is 1. The molecule has 0 aliphatic heterocycles. The molecule has 1 aromatic carbocycles. The van der Waals surface area contributed by atoms with Crippen LogP contribution in [-0.4, -0.2) is 44.3 Å². The SMILES string of the molecule is Cc1nn(-c2ccc(C(C)(C)C)cc2)c(C)c1C1C=CC(NC(=O)CSCC(=O)O)C1. The van der Waals surface area contributed by atoms with Gasteiger partial charge in [0, 0.05) is 23.2 Å². The second-order valence-corrected chi connectivity index (χ2v) is 10.1. The fourth-order valence-electron chi connectivity index (χ4n) is 4.04. The highest BCUT2D eigenvalue weighted by Gasteiger charge is 2.27. The second-order valence-electron chi connectivity index (χ2n) is 9.08. The lowest BCUT2D eigenvalue weighted by Crippen LogP contribution is -2.34. The van der Waals surface area contributed by atoms with Gasteiger partial charge < -0.3 is 10.4 Å². The van der Waals surface area contributed by atoms with Gasteiger partial charge >= 0.3 is 5.97 Å². The number of aromatic nitrogens is 2. The third kappa shape index (κ3) is 5.58. The smallest absolute Gasteiger partial charge is 0.313 e. The van der Waals surface area contributed by atoms with E-state index in [2.05, 4.69) is 63.4 Å². The monoisotopic (exact) mass is 441 g/mol. The van der Waals surface area contributed by atoms with E-state index in [0.29, 0.717) is 0 Å². The Balaban J connectivity index is 1.68. The molecule has 7 heteroatoms. The van der Waals surface area contributed by atoms with E-state index in [0.717, 1.165) is 35.3 Å². The molecule has 1 aliphatic rings. The maximum Gasteiger partial charge on any atom is 0.313 e. The number of amides is 1. The number of carbonyl (C=O) groups excluding carboxylic acids is 1. The van der Waals surface area contributed by atoms with E-state index in [1.165, 1.54) is 11.1 Å². The van der Waals surface area contributed by atoms with Crippen molar-refractivity contribution in [2.24, 2.45) is 0 Å². The van der Waals surface area contributed by atoms with Gasteiger partial charge in [0.05, 0.1) is 22.9 Å². The summed E-state index contributed by atoms with van der Waals surface area (Å²) in [6, 6.07) is 8.51. The number of hydrogen-bond acceptors (Lipinski definition) is 4. The number of thioether (sulfide) groups is 1. The largest absolute Gasteiger partial charge is 0.481 e. The number of carboxylic acid groups (broad SMARTS) is 1. The minimum absolute atomic E-state index is 0.0452. The Morgan fingerprint density at radius 3 is 2.45 bits per heavy atom. The molecule has 0 saturated heterocycles. The Morgan fingerprint density at radius 2 is 1.84 bits per heavy atom. The first kappa shape index (κ1) is 23.1. The van der Waals surface area contributed by atoms with Crippen LogP contribution in [0.5, 0.6) is 0 Å². The van der Waals surface area contributed by atoms with Gasteiger partial charge in [0.2, 0.25) is 5.91 Å². The molecule has 0 spiro atoms. The van der Waals surface area contributed by atoms with Crippen molar-refractivity contribution < 1.29 is 14.7 Å². The highest BCUT2D eigenvalue weighted by molar-refractivity contribution is 8.00. The summed E-state index contributed by atoms with van der Waals surface area (Å²) in [6.45, 7) is 10.7. The van der Waals surface area contributed by atoms with Gasteiger partial charge in [0.25, 0.3) is 0 Å². The van der Waals surface area contributed by atoms with Crippen LogP contribution >= 0.6 is 11.8 Å². The predicted octanol–water partition coefficient (Wildman–Crippen LogP) is 4.13. The first-order chi connectivity index (χ1) is 14.6. The molecular formula is C24H31N3O3S. The molecule has 6 nitrogen and oxygen atoms in total. The number of carbonyl (C=O) groups is 2. The van der Waals surface area contributed by atoms with Crippen molar-refractivity contribution in [3.63, 3.8) is 0 Å². The zero-order valence-electron chi connectivity index (χ0n) is 18.8. The number of aliphatic carboxylic acids is 1. The molecule has 0 radical (unpaired) electrons. The average Bonchev–Trinajstić information content (AvgIpc) is 3.24. The Kier molecular flexibility index (Phi) is 6.94. The van der Waals surface area contributed by atoms with Crippen molar-refractivity contribution in [1.29, 1.82) is 0 Å². The highest BCUT2D eigenvalue weighted by Crippen LogP contribution is 2.34. The topological polar surface area (TPSA) is 84.2 Å². The minimum atomic E-state index is -0.908.